The van der Waals surface area contributed by atoms with Gasteiger partial charge in [-0.15, -0.1) is 0 Å². The lowest BCUT2D eigenvalue weighted by molar-refractivity contribution is 0.0774. The average Bonchev–Trinajstić information content (AvgIpc) is 3.10. The Balaban J connectivity index is 1.57. The van der Waals surface area contributed by atoms with Gasteiger partial charge in [-0.25, -0.2) is 4.79 Å². The summed E-state index contributed by atoms with van der Waals surface area (Å²) in [7, 11) is 0. The second-order valence-corrected chi connectivity index (χ2v) is 8.15. The number of amides is 1. The van der Waals surface area contributed by atoms with Crippen LogP contribution in [0.1, 0.15) is 39.5 Å². The third-order valence-corrected chi connectivity index (χ3v) is 5.98. The Morgan fingerprint density at radius 1 is 1.16 bits per heavy atom. The summed E-state index contributed by atoms with van der Waals surface area (Å²) in [4.78, 5) is 28.9. The van der Waals surface area contributed by atoms with Crippen LogP contribution in [-0.4, -0.2) is 59.6 Å². The van der Waals surface area contributed by atoms with E-state index >= 15 is 0 Å². The number of benzene rings is 2. The molecule has 0 aromatic heterocycles. The lowest BCUT2D eigenvalue weighted by Crippen LogP contribution is -2.48. The molecule has 2 aromatic rings. The molecule has 0 aliphatic carbocycles. The summed E-state index contributed by atoms with van der Waals surface area (Å²) in [5, 5.41) is 10.7. The largest absolute Gasteiger partial charge is 0.507 e. The van der Waals surface area contributed by atoms with Crippen LogP contribution in [0.4, 0.5) is 4.79 Å². The van der Waals surface area contributed by atoms with Crippen molar-refractivity contribution in [3.05, 3.63) is 63.9 Å². The lowest BCUT2D eigenvalue weighted by Gasteiger charge is -2.34. The summed E-state index contributed by atoms with van der Waals surface area (Å²) in [6, 6.07) is 9.42. The van der Waals surface area contributed by atoms with Gasteiger partial charge in [0.05, 0.1) is 17.7 Å². The molecule has 7 nitrogen and oxygen atoms in total. The second kappa shape index (κ2) is 9.04. The van der Waals surface area contributed by atoms with Crippen molar-refractivity contribution in [1.82, 2.24) is 9.80 Å². The third-order valence-electron chi connectivity index (χ3n) is 5.98. The van der Waals surface area contributed by atoms with E-state index in [2.05, 4.69) is 4.90 Å². The number of phenolic OH excluding ortho intramolecular Hbond substituents is 1. The number of nitrogens with zero attached hydrogens (tertiary/aromatic N) is 2. The highest BCUT2D eigenvalue weighted by Gasteiger charge is 2.34. The predicted octanol–water partition coefficient (Wildman–Crippen LogP) is 3.90. The minimum Gasteiger partial charge on any atom is -0.507 e. The van der Waals surface area contributed by atoms with Crippen LogP contribution < -0.4 is 4.74 Å². The number of ketones is 1. The first-order valence-corrected chi connectivity index (χ1v) is 10.9. The Bertz CT molecular complexity index is 1080. The standard InChI is InChI=1S/C25H28N2O5/c1-4-31-25(30)27-11-9-26(10-12-27)15-19-20(28)13-17(3)22-23(29)21(32-24(19)22)14-18-8-6-5-7-16(18)2/h5-8,13-14,28H,4,9-12,15H2,1-3H3/b21-14+. The predicted molar refractivity (Wildman–Crippen MR) is 121 cm³/mol. The van der Waals surface area contributed by atoms with E-state index < -0.39 is 0 Å². The number of aromatic hydroxyl groups is 1. The molecule has 0 unspecified atom stereocenters. The summed E-state index contributed by atoms with van der Waals surface area (Å²) < 4.78 is 11.1. The molecule has 2 aliphatic rings. The molecule has 2 heterocycles. The SMILES string of the molecule is CCOC(=O)N1CCN(Cc2c(O)cc(C)c3c2O/C(=C/c2ccccc2C)C3=O)CC1. The van der Waals surface area contributed by atoms with Crippen molar-refractivity contribution in [3.8, 4) is 11.5 Å². The number of rotatable bonds is 4. The smallest absolute Gasteiger partial charge is 0.409 e. The van der Waals surface area contributed by atoms with Crippen LogP contribution >= 0.6 is 0 Å². The quantitative estimate of drug-likeness (QED) is 0.733. The van der Waals surface area contributed by atoms with Crippen molar-refractivity contribution in [2.45, 2.75) is 27.3 Å². The van der Waals surface area contributed by atoms with E-state index in [1.807, 2.05) is 31.2 Å². The van der Waals surface area contributed by atoms with Gasteiger partial charge in [0.25, 0.3) is 0 Å². The molecule has 2 aromatic carbocycles. The van der Waals surface area contributed by atoms with Crippen LogP contribution in [0.25, 0.3) is 6.08 Å². The van der Waals surface area contributed by atoms with Crippen molar-refractivity contribution in [1.29, 1.82) is 0 Å². The van der Waals surface area contributed by atoms with Crippen LogP contribution in [-0.2, 0) is 11.3 Å². The lowest BCUT2D eigenvalue weighted by atomic mass is 9.98. The maximum absolute atomic E-state index is 13.1. The van der Waals surface area contributed by atoms with Gasteiger partial charge in [-0.05, 0) is 49.6 Å². The number of aryl methyl sites for hydroxylation is 2. The highest BCUT2D eigenvalue weighted by atomic mass is 16.6. The molecule has 4 rings (SSSR count). The van der Waals surface area contributed by atoms with Crippen molar-refractivity contribution in [2.24, 2.45) is 0 Å². The topological polar surface area (TPSA) is 79.3 Å². The van der Waals surface area contributed by atoms with Crippen LogP contribution in [0.15, 0.2) is 36.1 Å². The maximum atomic E-state index is 13.1. The molecule has 0 bridgehead atoms. The van der Waals surface area contributed by atoms with Gasteiger partial charge in [-0.2, -0.15) is 0 Å². The highest BCUT2D eigenvalue weighted by molar-refractivity contribution is 6.16. The zero-order valence-electron chi connectivity index (χ0n) is 18.7. The fourth-order valence-corrected chi connectivity index (χ4v) is 4.15. The van der Waals surface area contributed by atoms with Gasteiger partial charge >= 0.3 is 6.09 Å². The first-order valence-electron chi connectivity index (χ1n) is 10.9. The number of fused-ring (bicyclic) bond motifs is 1. The zero-order valence-corrected chi connectivity index (χ0v) is 18.7. The molecule has 1 N–H and O–H groups in total. The fraction of sp³-hybridized carbons (Fsp3) is 0.360. The summed E-state index contributed by atoms with van der Waals surface area (Å²) in [5.74, 6) is 0.629. The van der Waals surface area contributed by atoms with E-state index in [0.29, 0.717) is 61.8 Å². The van der Waals surface area contributed by atoms with E-state index in [9.17, 15) is 14.7 Å². The molecule has 1 saturated heterocycles. The molecule has 0 atom stereocenters. The molecule has 0 spiro atoms. The van der Waals surface area contributed by atoms with Crippen LogP contribution in [0.3, 0.4) is 0 Å². The van der Waals surface area contributed by atoms with E-state index in [4.69, 9.17) is 9.47 Å². The summed E-state index contributed by atoms with van der Waals surface area (Å²) in [6.07, 6.45) is 1.46. The number of hydrogen-bond donors (Lipinski definition) is 1. The molecule has 1 amide bonds. The number of hydrogen-bond acceptors (Lipinski definition) is 6. The second-order valence-electron chi connectivity index (χ2n) is 8.15. The Hall–Kier alpha value is -3.32. The first-order chi connectivity index (χ1) is 15.4. The monoisotopic (exact) mass is 436 g/mol. The van der Waals surface area contributed by atoms with E-state index in [-0.39, 0.29) is 23.4 Å². The van der Waals surface area contributed by atoms with Crippen molar-refractivity contribution in [2.75, 3.05) is 32.8 Å². The van der Waals surface area contributed by atoms with E-state index in [1.54, 1.807) is 30.9 Å². The maximum Gasteiger partial charge on any atom is 0.409 e. The molecule has 1 fully saturated rings. The van der Waals surface area contributed by atoms with E-state index in [1.165, 1.54) is 0 Å². The third kappa shape index (κ3) is 4.21. The minimum atomic E-state index is -0.300. The summed E-state index contributed by atoms with van der Waals surface area (Å²) in [6.45, 7) is 8.73. The number of phenols is 1. The van der Waals surface area contributed by atoms with Crippen molar-refractivity contribution in [3.63, 3.8) is 0 Å². The summed E-state index contributed by atoms with van der Waals surface area (Å²) >= 11 is 0. The number of piperazine rings is 1. The molecule has 7 heteroatoms. The zero-order chi connectivity index (χ0) is 22.8. The normalized spacial score (nSPS) is 17.4. The molecule has 32 heavy (non-hydrogen) atoms. The number of Topliss-reactive ketones (excluding diaryl/α,β-unsaturated/α-hetero) is 1. The van der Waals surface area contributed by atoms with Gasteiger partial charge in [0.2, 0.25) is 5.78 Å². The number of allylic oxidation sites excluding steroid dienone is 1. The molecular weight excluding hydrogens is 408 g/mol. The van der Waals surface area contributed by atoms with Crippen molar-refractivity contribution < 1.29 is 24.2 Å². The first kappa shape index (κ1) is 21.9. The van der Waals surface area contributed by atoms with Crippen LogP contribution in [0.5, 0.6) is 11.5 Å². The van der Waals surface area contributed by atoms with Crippen LogP contribution in [0, 0.1) is 13.8 Å². The number of carbonyl (C=O) groups excluding carboxylic acids is 2. The van der Waals surface area contributed by atoms with Gasteiger partial charge in [0.1, 0.15) is 11.5 Å². The Labute approximate surface area is 187 Å². The summed E-state index contributed by atoms with van der Waals surface area (Å²) in [5.41, 5.74) is 3.75. The van der Waals surface area contributed by atoms with Gasteiger partial charge in [0, 0.05) is 32.7 Å². The Morgan fingerprint density at radius 3 is 2.56 bits per heavy atom. The van der Waals surface area contributed by atoms with Crippen LogP contribution in [0.2, 0.25) is 0 Å². The molecule has 168 valence electrons. The molecular formula is C25H28N2O5. The van der Waals surface area contributed by atoms with Gasteiger partial charge < -0.3 is 19.5 Å². The minimum absolute atomic E-state index is 0.110. The Morgan fingerprint density at radius 2 is 1.88 bits per heavy atom. The Kier molecular flexibility index (Phi) is 6.19. The van der Waals surface area contributed by atoms with Gasteiger partial charge in [-0.3, -0.25) is 9.69 Å². The average molecular weight is 437 g/mol. The highest BCUT2D eigenvalue weighted by Crippen LogP contribution is 2.42. The molecule has 0 saturated carbocycles. The fourth-order valence-electron chi connectivity index (χ4n) is 4.15. The van der Waals surface area contributed by atoms with Crippen molar-refractivity contribution >= 4 is 18.0 Å². The number of carbonyl (C=O) groups is 2. The van der Waals surface area contributed by atoms with E-state index in [0.717, 1.165) is 11.1 Å². The van der Waals surface area contributed by atoms with Gasteiger partial charge in [-0.1, -0.05) is 24.3 Å². The molecule has 2 aliphatic heterocycles. The number of ether oxygens (including phenoxy) is 2. The van der Waals surface area contributed by atoms with Gasteiger partial charge in [0.15, 0.2) is 5.76 Å². The molecule has 0 radical (unpaired) electrons.